The maximum atomic E-state index is 4.94. The zero-order valence-corrected chi connectivity index (χ0v) is 6.40. The molecule has 0 fully saturated rings. The molecular weight excluding hydrogens is 130 g/mol. The highest BCUT2D eigenvalue weighted by atomic mass is 32.2. The lowest BCUT2D eigenvalue weighted by atomic mass is 10.3. The van der Waals surface area contributed by atoms with Crippen LogP contribution in [0.4, 0.5) is 0 Å². The number of nitrogens with zero attached hydrogens (tertiary/aromatic N) is 1. The van der Waals surface area contributed by atoms with Gasteiger partial charge in [0, 0.05) is 6.21 Å². The summed E-state index contributed by atoms with van der Waals surface area (Å²) >= 11 is 1.11. The second-order valence-electron chi connectivity index (χ2n) is 1.48. The summed E-state index contributed by atoms with van der Waals surface area (Å²) in [6, 6.07) is 0. The quantitative estimate of drug-likeness (QED) is 0.325. The normalized spacial score (nSPS) is 11.9. The zero-order chi connectivity index (χ0) is 7.11. The number of terminal acetylenes is 1. The van der Waals surface area contributed by atoms with Crippen molar-refractivity contribution in [1.29, 1.82) is 0 Å². The molecule has 0 N–H and O–H groups in total. The average Bonchev–Trinajstić information content (AvgIpc) is 1.89. The summed E-state index contributed by atoms with van der Waals surface area (Å²) in [6.45, 7) is 3.93. The lowest BCUT2D eigenvalue weighted by Gasteiger charge is -1.82. The van der Waals surface area contributed by atoms with E-state index in [0.29, 0.717) is 0 Å². The maximum Gasteiger partial charge on any atom is 0.0624 e. The summed E-state index contributed by atoms with van der Waals surface area (Å²) in [6.07, 6.45) is 8.65. The van der Waals surface area contributed by atoms with Gasteiger partial charge in [0.25, 0.3) is 0 Å². The van der Waals surface area contributed by atoms with Crippen molar-refractivity contribution in [1.82, 2.24) is 0 Å². The first-order chi connectivity index (χ1) is 4.31. The van der Waals surface area contributed by atoms with E-state index in [0.717, 1.165) is 17.5 Å². The van der Waals surface area contributed by atoms with Crippen LogP contribution in [0.25, 0.3) is 0 Å². The molecule has 2 heteroatoms. The van der Waals surface area contributed by atoms with Gasteiger partial charge in [-0.15, -0.1) is 6.42 Å². The van der Waals surface area contributed by atoms with E-state index < -0.39 is 0 Å². The number of hydrogen-bond acceptors (Lipinski definition) is 2. The second kappa shape index (κ2) is 5.46. The van der Waals surface area contributed by atoms with Crippen LogP contribution in [0.3, 0.4) is 0 Å². The molecule has 0 rings (SSSR count). The van der Waals surface area contributed by atoms with Crippen LogP contribution in [0.5, 0.6) is 0 Å². The van der Waals surface area contributed by atoms with Crippen molar-refractivity contribution in [3.8, 4) is 11.7 Å². The molecule has 0 unspecified atom stereocenters. The highest BCUT2D eigenvalue weighted by Gasteiger charge is 1.75. The molecule has 0 heterocycles. The summed E-state index contributed by atoms with van der Waals surface area (Å²) in [5.74, 6) is 0. The molecule has 0 saturated heterocycles. The minimum atomic E-state index is 1.11. The SMILES string of the molecule is C#CS/N=C\C(C)=C\C. The fourth-order valence-electron chi connectivity index (χ4n) is 0.214. The summed E-state index contributed by atoms with van der Waals surface area (Å²) in [4.78, 5) is 0. The summed E-state index contributed by atoms with van der Waals surface area (Å²) < 4.78 is 3.85. The van der Waals surface area contributed by atoms with E-state index in [1.54, 1.807) is 6.21 Å². The molecule has 0 saturated carbocycles. The summed E-state index contributed by atoms with van der Waals surface area (Å²) in [7, 11) is 0. The molecule has 0 amide bonds. The van der Waals surface area contributed by atoms with Crippen molar-refractivity contribution in [2.75, 3.05) is 0 Å². The van der Waals surface area contributed by atoms with Gasteiger partial charge in [-0.2, -0.15) is 0 Å². The van der Waals surface area contributed by atoms with Crippen LogP contribution in [-0.4, -0.2) is 6.21 Å². The molecule has 0 aromatic heterocycles. The lowest BCUT2D eigenvalue weighted by Crippen LogP contribution is -1.71. The van der Waals surface area contributed by atoms with Gasteiger partial charge in [-0.05, 0) is 24.7 Å². The molecule has 0 aliphatic carbocycles. The monoisotopic (exact) mass is 139 g/mol. The van der Waals surface area contributed by atoms with Crippen LogP contribution in [0.1, 0.15) is 13.8 Å². The minimum absolute atomic E-state index is 1.11. The van der Waals surface area contributed by atoms with E-state index in [9.17, 15) is 0 Å². The molecule has 9 heavy (non-hydrogen) atoms. The number of hydrogen-bond donors (Lipinski definition) is 0. The Kier molecular flexibility index (Phi) is 5.04. The number of rotatable bonds is 2. The molecular formula is C7H9NS. The Morgan fingerprint density at radius 1 is 1.78 bits per heavy atom. The van der Waals surface area contributed by atoms with Crippen molar-refractivity contribution in [2.45, 2.75) is 13.8 Å². The Hall–Kier alpha value is -0.680. The van der Waals surface area contributed by atoms with Gasteiger partial charge in [0.1, 0.15) is 0 Å². The van der Waals surface area contributed by atoms with Crippen LogP contribution in [-0.2, 0) is 0 Å². The molecule has 1 nitrogen and oxygen atoms in total. The Balaban J connectivity index is 3.61. The van der Waals surface area contributed by atoms with Gasteiger partial charge in [0.2, 0.25) is 0 Å². The predicted molar refractivity (Wildman–Crippen MR) is 44.3 cm³/mol. The van der Waals surface area contributed by atoms with Crippen molar-refractivity contribution < 1.29 is 0 Å². The largest absolute Gasteiger partial charge is 0.211 e. The van der Waals surface area contributed by atoms with E-state index in [4.69, 9.17) is 6.42 Å². The topological polar surface area (TPSA) is 12.4 Å². The molecule has 48 valence electrons. The van der Waals surface area contributed by atoms with Crippen LogP contribution in [0.15, 0.2) is 16.0 Å². The van der Waals surface area contributed by atoms with Gasteiger partial charge in [-0.1, -0.05) is 6.08 Å². The van der Waals surface area contributed by atoms with E-state index in [2.05, 4.69) is 9.65 Å². The molecule has 0 spiro atoms. The summed E-state index contributed by atoms with van der Waals surface area (Å²) in [5, 5.41) is 2.34. The van der Waals surface area contributed by atoms with Gasteiger partial charge in [0.05, 0.1) is 11.9 Å². The van der Waals surface area contributed by atoms with Gasteiger partial charge < -0.3 is 0 Å². The highest BCUT2D eigenvalue weighted by molar-refractivity contribution is 8.02. The first-order valence-electron chi connectivity index (χ1n) is 2.59. The van der Waals surface area contributed by atoms with Gasteiger partial charge in [-0.3, -0.25) is 0 Å². The van der Waals surface area contributed by atoms with Crippen LogP contribution >= 0.6 is 11.9 Å². The Morgan fingerprint density at radius 3 is 2.89 bits per heavy atom. The summed E-state index contributed by atoms with van der Waals surface area (Å²) in [5.41, 5.74) is 1.12. The molecule has 0 radical (unpaired) electrons. The fraction of sp³-hybridized carbons (Fsp3) is 0.286. The zero-order valence-electron chi connectivity index (χ0n) is 5.59. The smallest absolute Gasteiger partial charge is 0.0624 e. The maximum absolute atomic E-state index is 4.94. The van der Waals surface area contributed by atoms with Crippen molar-refractivity contribution in [3.05, 3.63) is 11.6 Å². The number of allylic oxidation sites excluding steroid dienone is 2. The molecule has 0 aromatic rings. The van der Waals surface area contributed by atoms with Gasteiger partial charge >= 0.3 is 0 Å². The second-order valence-corrected chi connectivity index (χ2v) is 2.11. The predicted octanol–water partition coefficient (Wildman–Crippen LogP) is 2.26. The van der Waals surface area contributed by atoms with Crippen molar-refractivity contribution in [3.63, 3.8) is 0 Å². The molecule has 0 aliphatic rings. The van der Waals surface area contributed by atoms with E-state index in [1.165, 1.54) is 0 Å². The van der Waals surface area contributed by atoms with Crippen LogP contribution in [0.2, 0.25) is 0 Å². The van der Waals surface area contributed by atoms with Gasteiger partial charge in [-0.25, -0.2) is 4.40 Å². The molecule has 0 atom stereocenters. The van der Waals surface area contributed by atoms with E-state index >= 15 is 0 Å². The third kappa shape index (κ3) is 5.19. The first kappa shape index (κ1) is 8.32. The first-order valence-corrected chi connectivity index (χ1v) is 3.36. The van der Waals surface area contributed by atoms with E-state index in [1.807, 2.05) is 19.9 Å². The minimum Gasteiger partial charge on any atom is -0.211 e. The molecule has 0 aliphatic heterocycles. The average molecular weight is 139 g/mol. The Labute approximate surface area is 60.4 Å². The highest BCUT2D eigenvalue weighted by Crippen LogP contribution is 1.97. The third-order valence-electron chi connectivity index (χ3n) is 0.817. The van der Waals surface area contributed by atoms with Crippen LogP contribution < -0.4 is 0 Å². The standard InChI is InChI=1S/C7H9NS/c1-4-7(3)6-8-9-5-2/h2,4,6H,1,3H3/b7-4+,8-6-. The fourth-order valence-corrected chi connectivity index (χ4v) is 0.494. The van der Waals surface area contributed by atoms with Crippen molar-refractivity contribution >= 4 is 18.2 Å². The third-order valence-corrected chi connectivity index (χ3v) is 1.13. The van der Waals surface area contributed by atoms with E-state index in [-0.39, 0.29) is 0 Å². The van der Waals surface area contributed by atoms with Crippen LogP contribution in [0, 0.1) is 11.7 Å². The molecule has 0 aromatic carbocycles. The lowest BCUT2D eigenvalue weighted by molar-refractivity contribution is 1.55. The Bertz CT molecular complexity index is 162. The molecule has 0 bridgehead atoms. The van der Waals surface area contributed by atoms with Gasteiger partial charge in [0.15, 0.2) is 0 Å². The van der Waals surface area contributed by atoms with Crippen molar-refractivity contribution in [2.24, 2.45) is 4.40 Å². The Morgan fingerprint density at radius 2 is 2.44 bits per heavy atom.